The fourth-order valence-corrected chi connectivity index (χ4v) is 7.13. The highest BCUT2D eigenvalue weighted by Crippen LogP contribution is 2.72. The fourth-order valence-electron chi connectivity index (χ4n) is 7.13. The Labute approximate surface area is 176 Å². The first kappa shape index (κ1) is 20.2. The maximum absolute atomic E-state index is 13.4. The summed E-state index contributed by atoms with van der Waals surface area (Å²) in [7, 11) is 0. The van der Waals surface area contributed by atoms with Crippen molar-refractivity contribution in [1.82, 2.24) is 0 Å². The van der Waals surface area contributed by atoms with Crippen molar-refractivity contribution < 1.29 is 34.0 Å². The molecule has 3 heterocycles. The molecule has 2 N–H and O–H groups in total. The second-order valence-electron chi connectivity index (χ2n) is 10.3. The smallest absolute Gasteiger partial charge is 0.333 e. The molecule has 7 heteroatoms. The Balaban J connectivity index is 1.81. The van der Waals surface area contributed by atoms with Gasteiger partial charge < -0.3 is 24.4 Å². The van der Waals surface area contributed by atoms with Crippen LogP contribution in [0.5, 0.6) is 0 Å². The molecule has 8 atom stereocenters. The van der Waals surface area contributed by atoms with E-state index in [0.29, 0.717) is 19.3 Å². The van der Waals surface area contributed by atoms with Crippen molar-refractivity contribution in [3.8, 4) is 0 Å². The number of carbonyl (C=O) groups excluding carboxylic acids is 2. The van der Waals surface area contributed by atoms with Gasteiger partial charge in [0.25, 0.3) is 0 Å². The van der Waals surface area contributed by atoms with Gasteiger partial charge >= 0.3 is 11.9 Å². The zero-order valence-corrected chi connectivity index (χ0v) is 18.0. The number of rotatable bonds is 3. The normalized spacial score (nSPS) is 50.8. The van der Waals surface area contributed by atoms with E-state index in [1.165, 1.54) is 0 Å². The topological polar surface area (TPSA) is 102 Å². The van der Waals surface area contributed by atoms with Crippen molar-refractivity contribution in [3.05, 3.63) is 23.3 Å². The van der Waals surface area contributed by atoms with Crippen LogP contribution in [0.25, 0.3) is 0 Å². The van der Waals surface area contributed by atoms with Crippen LogP contribution in [-0.2, 0) is 23.8 Å². The van der Waals surface area contributed by atoms with Crippen LogP contribution in [0.2, 0.25) is 0 Å². The molecule has 0 aromatic heterocycles. The van der Waals surface area contributed by atoms with E-state index in [9.17, 15) is 19.8 Å². The quantitative estimate of drug-likeness (QED) is 0.409. The van der Waals surface area contributed by atoms with Crippen LogP contribution in [0.15, 0.2) is 23.3 Å². The molecule has 1 spiro atoms. The van der Waals surface area contributed by atoms with Crippen molar-refractivity contribution in [2.45, 2.75) is 82.9 Å². The van der Waals surface area contributed by atoms with E-state index in [-0.39, 0.29) is 24.0 Å². The Kier molecular flexibility index (Phi) is 3.88. The molecule has 3 bridgehead atoms. The number of aliphatic hydroxyl groups is 2. The van der Waals surface area contributed by atoms with Crippen molar-refractivity contribution in [2.75, 3.05) is 6.61 Å². The maximum atomic E-state index is 13.4. The lowest BCUT2D eigenvalue weighted by molar-refractivity contribution is -0.263. The average Bonchev–Trinajstić information content (AvgIpc) is 3.12. The molecule has 2 saturated carbocycles. The number of hydrogen-bond acceptors (Lipinski definition) is 7. The van der Waals surface area contributed by atoms with Crippen LogP contribution in [0, 0.1) is 16.7 Å². The van der Waals surface area contributed by atoms with Crippen molar-refractivity contribution in [1.29, 1.82) is 0 Å². The Hall–Kier alpha value is -1.70. The van der Waals surface area contributed by atoms with E-state index < -0.39 is 52.8 Å². The number of ether oxygens (including phenoxy) is 3. The van der Waals surface area contributed by atoms with Crippen LogP contribution in [0.1, 0.15) is 53.4 Å². The monoisotopic (exact) mass is 418 g/mol. The van der Waals surface area contributed by atoms with Gasteiger partial charge in [0.2, 0.25) is 0 Å². The number of carbonyl (C=O) groups is 2. The summed E-state index contributed by atoms with van der Waals surface area (Å²) in [4.78, 5) is 26.1. The SMILES string of the molecule is C=C(C)C(=O)OC1C2=C(C)C3CC4(CO)C(=O)OC5CCC(C)C1(C)C5(O)CC24O3. The number of esters is 2. The molecule has 2 saturated heterocycles. The summed E-state index contributed by atoms with van der Waals surface area (Å²) in [6.45, 7) is 10.8. The maximum Gasteiger partial charge on any atom is 0.333 e. The lowest BCUT2D eigenvalue weighted by atomic mass is 9.44. The van der Waals surface area contributed by atoms with Gasteiger partial charge in [0.15, 0.2) is 0 Å². The van der Waals surface area contributed by atoms with E-state index in [1.807, 2.05) is 20.8 Å². The third-order valence-electron chi connectivity index (χ3n) is 9.15. The predicted octanol–water partition coefficient (Wildman–Crippen LogP) is 1.81. The second-order valence-corrected chi connectivity index (χ2v) is 10.3. The summed E-state index contributed by atoms with van der Waals surface area (Å²) < 4.78 is 18.4. The van der Waals surface area contributed by atoms with E-state index in [1.54, 1.807) is 6.92 Å². The second kappa shape index (κ2) is 5.75. The molecule has 164 valence electrons. The number of aliphatic hydroxyl groups excluding tert-OH is 1. The van der Waals surface area contributed by atoms with Crippen molar-refractivity contribution in [2.24, 2.45) is 16.7 Å². The van der Waals surface area contributed by atoms with Crippen molar-refractivity contribution >= 4 is 11.9 Å². The first-order valence-corrected chi connectivity index (χ1v) is 10.8. The zero-order valence-electron chi connectivity index (χ0n) is 18.0. The van der Waals surface area contributed by atoms with Crippen LogP contribution >= 0.6 is 0 Å². The minimum atomic E-state index is -1.46. The van der Waals surface area contributed by atoms with Gasteiger partial charge in [-0.1, -0.05) is 20.4 Å². The minimum Gasteiger partial charge on any atom is -0.459 e. The van der Waals surface area contributed by atoms with E-state index >= 15 is 0 Å². The van der Waals surface area contributed by atoms with Crippen LogP contribution in [0.3, 0.4) is 0 Å². The first-order valence-electron chi connectivity index (χ1n) is 10.8. The van der Waals surface area contributed by atoms with Gasteiger partial charge in [-0.2, -0.15) is 0 Å². The molecule has 3 aliphatic heterocycles. The van der Waals surface area contributed by atoms with Gasteiger partial charge in [0, 0.05) is 23.0 Å². The molecule has 0 aromatic rings. The molecule has 5 aliphatic rings. The first-order chi connectivity index (χ1) is 14.0. The average molecular weight is 418 g/mol. The van der Waals surface area contributed by atoms with Crippen molar-refractivity contribution in [3.63, 3.8) is 0 Å². The summed E-state index contributed by atoms with van der Waals surface area (Å²) in [5.41, 5.74) is -2.99. The van der Waals surface area contributed by atoms with Gasteiger partial charge in [-0.05, 0) is 44.6 Å². The predicted molar refractivity (Wildman–Crippen MR) is 105 cm³/mol. The highest BCUT2D eigenvalue weighted by molar-refractivity contribution is 5.88. The van der Waals surface area contributed by atoms with Crippen LogP contribution in [-0.4, -0.2) is 58.3 Å². The summed E-state index contributed by atoms with van der Waals surface area (Å²) in [6, 6.07) is 0. The van der Waals surface area contributed by atoms with E-state index in [0.717, 1.165) is 11.1 Å². The third kappa shape index (κ3) is 1.89. The molecular formula is C23H30O7. The molecule has 7 nitrogen and oxygen atoms in total. The molecule has 2 aliphatic carbocycles. The zero-order chi connectivity index (χ0) is 21.9. The van der Waals surface area contributed by atoms with Crippen LogP contribution < -0.4 is 0 Å². The molecular weight excluding hydrogens is 388 g/mol. The molecule has 0 radical (unpaired) electrons. The molecule has 0 amide bonds. The summed E-state index contributed by atoms with van der Waals surface area (Å²) in [5, 5.41) is 22.7. The Morgan fingerprint density at radius 3 is 2.70 bits per heavy atom. The molecule has 8 unspecified atom stereocenters. The van der Waals surface area contributed by atoms with Gasteiger partial charge in [-0.25, -0.2) is 4.79 Å². The van der Waals surface area contributed by atoms with Gasteiger partial charge in [0.05, 0.1) is 12.7 Å². The summed E-state index contributed by atoms with van der Waals surface area (Å²) in [6.07, 6.45) is -0.262. The van der Waals surface area contributed by atoms with Gasteiger partial charge in [-0.3, -0.25) is 4.79 Å². The fraction of sp³-hybridized carbons (Fsp3) is 0.739. The minimum absolute atomic E-state index is 0.00113. The lowest BCUT2D eigenvalue weighted by Crippen LogP contribution is -2.73. The van der Waals surface area contributed by atoms with E-state index in [2.05, 4.69) is 6.58 Å². The molecule has 5 rings (SSSR count). The molecule has 4 fully saturated rings. The van der Waals surface area contributed by atoms with Gasteiger partial charge in [-0.15, -0.1) is 0 Å². The largest absolute Gasteiger partial charge is 0.459 e. The highest BCUT2D eigenvalue weighted by Gasteiger charge is 2.82. The highest BCUT2D eigenvalue weighted by atomic mass is 16.6. The number of fused-ring (bicyclic) bond motifs is 1. The van der Waals surface area contributed by atoms with Crippen LogP contribution in [0.4, 0.5) is 0 Å². The molecule has 30 heavy (non-hydrogen) atoms. The Bertz CT molecular complexity index is 907. The molecule has 0 aromatic carbocycles. The third-order valence-corrected chi connectivity index (χ3v) is 9.15. The lowest BCUT2D eigenvalue weighted by Gasteiger charge is -2.63. The Morgan fingerprint density at radius 2 is 2.07 bits per heavy atom. The van der Waals surface area contributed by atoms with E-state index in [4.69, 9.17) is 14.2 Å². The summed E-state index contributed by atoms with van der Waals surface area (Å²) >= 11 is 0. The van der Waals surface area contributed by atoms with Gasteiger partial charge in [0.1, 0.15) is 28.8 Å². The Morgan fingerprint density at radius 1 is 1.37 bits per heavy atom. The number of hydrogen-bond donors (Lipinski definition) is 2. The summed E-state index contributed by atoms with van der Waals surface area (Å²) in [5.74, 6) is -1.07. The standard InChI is InChI=1S/C23H30O7/c1-11(2)18(25)29-17-16-13(4)14-8-21(10-24)19(26)28-15-7-6-12(3)20(17,5)22(15,27)9-23(16,21)30-14/h12,14-15,17,24,27H,1,6-10H2,2-5H3.